The van der Waals surface area contributed by atoms with Crippen molar-refractivity contribution in [3.63, 3.8) is 0 Å². The van der Waals surface area contributed by atoms with Crippen LogP contribution in [-0.2, 0) is 24.0 Å². The van der Waals surface area contributed by atoms with E-state index >= 15 is 0 Å². The zero-order valence-corrected chi connectivity index (χ0v) is 17.5. The fraction of sp³-hybridized carbons (Fsp3) is 0.762. The molecule has 30 heavy (non-hydrogen) atoms. The largest absolute Gasteiger partial charge is 0.481 e. The summed E-state index contributed by atoms with van der Waals surface area (Å²) < 4.78 is 0. The zero-order valence-electron chi connectivity index (χ0n) is 17.5. The number of rotatable bonds is 8. The number of carboxylic acid groups (broad SMARTS) is 1. The monoisotopic (exact) mass is 421 g/mol. The van der Waals surface area contributed by atoms with Gasteiger partial charge in [-0.15, -0.1) is 0 Å². The molecule has 0 unspecified atom stereocenters. The molecule has 4 aliphatic carbocycles. The lowest BCUT2D eigenvalue weighted by molar-refractivity contribution is -0.144. The maximum atomic E-state index is 12.6. The topological polar surface area (TPSA) is 142 Å². The molecule has 2 atom stereocenters. The van der Waals surface area contributed by atoms with Gasteiger partial charge in [0.25, 0.3) is 0 Å². The first-order valence-corrected chi connectivity index (χ1v) is 10.7. The second-order valence-corrected chi connectivity index (χ2v) is 9.70. The average molecular weight is 421 g/mol. The Morgan fingerprint density at radius 1 is 0.967 bits per heavy atom. The molecule has 4 rings (SSSR count). The molecule has 0 heterocycles. The van der Waals surface area contributed by atoms with Gasteiger partial charge in [0.2, 0.25) is 5.91 Å². The highest BCUT2D eigenvalue weighted by atomic mass is 16.4. The minimum absolute atomic E-state index is 0.317. The smallest absolute Gasteiger partial charge is 0.309 e. The van der Waals surface area contributed by atoms with E-state index in [9.17, 15) is 24.0 Å². The molecule has 0 radical (unpaired) electrons. The summed E-state index contributed by atoms with van der Waals surface area (Å²) in [7, 11) is 0. The van der Waals surface area contributed by atoms with Crippen molar-refractivity contribution < 1.29 is 29.1 Å². The van der Waals surface area contributed by atoms with E-state index in [4.69, 9.17) is 5.11 Å². The lowest BCUT2D eigenvalue weighted by Crippen LogP contribution is -2.63. The van der Waals surface area contributed by atoms with E-state index < -0.39 is 42.2 Å². The van der Waals surface area contributed by atoms with Crippen LogP contribution in [0.2, 0.25) is 0 Å². The Morgan fingerprint density at radius 2 is 1.50 bits per heavy atom. The van der Waals surface area contributed by atoms with E-state index in [2.05, 4.69) is 16.0 Å². The number of aldehydes is 1. The number of aliphatic carboxylic acids is 1. The number of hydrogen-bond acceptors (Lipinski definition) is 5. The van der Waals surface area contributed by atoms with Crippen LogP contribution in [0.4, 0.5) is 0 Å². The number of amides is 3. The summed E-state index contributed by atoms with van der Waals surface area (Å²) in [5.74, 6) is -2.08. The highest BCUT2D eigenvalue weighted by Gasteiger charge is 2.52. The summed E-state index contributed by atoms with van der Waals surface area (Å²) in [5.41, 5.74) is -0.317. The molecule has 0 aromatic carbocycles. The quantitative estimate of drug-likeness (QED) is 0.330. The van der Waals surface area contributed by atoms with E-state index in [1.807, 2.05) is 0 Å². The third kappa shape index (κ3) is 4.99. The Labute approximate surface area is 175 Å². The molecule has 9 heteroatoms. The number of carbonyl (C=O) groups excluding carboxylic acids is 4. The Hall–Kier alpha value is -2.45. The highest BCUT2D eigenvalue weighted by Crippen LogP contribution is 2.55. The Morgan fingerprint density at radius 3 is 1.93 bits per heavy atom. The number of carbonyl (C=O) groups is 5. The molecule has 9 nitrogen and oxygen atoms in total. The second kappa shape index (κ2) is 8.73. The van der Waals surface area contributed by atoms with Crippen LogP contribution < -0.4 is 16.0 Å². The van der Waals surface area contributed by atoms with Crippen molar-refractivity contribution in [1.29, 1.82) is 0 Å². The molecule has 4 bridgehead atoms. The van der Waals surface area contributed by atoms with Gasteiger partial charge < -0.3 is 25.9 Å². The van der Waals surface area contributed by atoms with Crippen molar-refractivity contribution in [3.05, 3.63) is 0 Å². The zero-order chi connectivity index (χ0) is 22.1. The number of nitrogens with one attached hydrogen (secondary N) is 3. The minimum Gasteiger partial charge on any atom is -0.481 e. The minimum atomic E-state index is -1.23. The van der Waals surface area contributed by atoms with Crippen molar-refractivity contribution in [1.82, 2.24) is 16.0 Å². The Bertz CT molecular complexity index is 699. The standard InChI is InChI=1S/C21H31N3O6/c1-11(2)17(18(28)22-15(10-25)6-16(26)27)23-19(29)20(30)24-21-7-12-3-13(8-21)5-14(4-12)9-21/h10-15,17H,3-9H2,1-2H3,(H,22,28)(H,23,29)(H,24,30)(H,26,27)/t12?,13?,14?,15-,17-,21?/m0/s1. The van der Waals surface area contributed by atoms with Crippen LogP contribution in [0, 0.1) is 23.7 Å². The SMILES string of the molecule is CC(C)[C@H](NC(=O)C(=O)NC12CC3CC(CC(C3)C1)C2)C(=O)N[C@H](C=O)CC(=O)O. The van der Waals surface area contributed by atoms with Crippen molar-refractivity contribution in [2.24, 2.45) is 23.7 Å². The molecule has 0 spiro atoms. The van der Waals surface area contributed by atoms with E-state index in [0.717, 1.165) is 19.3 Å². The van der Waals surface area contributed by atoms with Crippen molar-refractivity contribution in [2.45, 2.75) is 76.4 Å². The predicted molar refractivity (Wildman–Crippen MR) is 106 cm³/mol. The third-order valence-electron chi connectivity index (χ3n) is 6.75. The second-order valence-electron chi connectivity index (χ2n) is 9.70. The molecule has 3 amide bonds. The molecule has 4 N–H and O–H groups in total. The highest BCUT2D eigenvalue weighted by molar-refractivity contribution is 6.35. The molecule has 0 aromatic rings. The van der Waals surface area contributed by atoms with Gasteiger partial charge in [-0.3, -0.25) is 19.2 Å². The van der Waals surface area contributed by atoms with Crippen molar-refractivity contribution >= 4 is 30.0 Å². The van der Waals surface area contributed by atoms with E-state index in [1.165, 1.54) is 19.3 Å². The summed E-state index contributed by atoms with van der Waals surface area (Å²) in [5, 5.41) is 16.5. The maximum Gasteiger partial charge on any atom is 0.309 e. The molecule has 0 aromatic heterocycles. The summed E-state index contributed by atoms with van der Waals surface area (Å²) >= 11 is 0. The lowest BCUT2D eigenvalue weighted by atomic mass is 9.53. The predicted octanol–water partition coefficient (Wildman–Crippen LogP) is 0.371. The third-order valence-corrected chi connectivity index (χ3v) is 6.75. The van der Waals surface area contributed by atoms with Gasteiger partial charge in [-0.25, -0.2) is 0 Å². The van der Waals surface area contributed by atoms with Gasteiger partial charge in [-0.2, -0.15) is 0 Å². The van der Waals surface area contributed by atoms with Crippen LogP contribution in [-0.4, -0.2) is 52.7 Å². The fourth-order valence-corrected chi connectivity index (χ4v) is 5.90. The lowest BCUT2D eigenvalue weighted by Gasteiger charge is -2.56. The van der Waals surface area contributed by atoms with Crippen LogP contribution in [0.15, 0.2) is 0 Å². The van der Waals surface area contributed by atoms with Crippen molar-refractivity contribution in [2.75, 3.05) is 0 Å². The number of carboxylic acids is 1. The summed E-state index contributed by atoms with van der Waals surface area (Å²) in [4.78, 5) is 59.5. The normalized spacial score (nSPS) is 31.0. The van der Waals surface area contributed by atoms with E-state index in [0.29, 0.717) is 24.0 Å². The van der Waals surface area contributed by atoms with Crippen LogP contribution in [0.1, 0.15) is 58.8 Å². The van der Waals surface area contributed by atoms with Crippen LogP contribution in [0.5, 0.6) is 0 Å². The average Bonchev–Trinajstić information content (AvgIpc) is 2.62. The first kappa shape index (κ1) is 22.2. The summed E-state index contributed by atoms with van der Waals surface area (Å²) in [6.07, 6.45) is 6.14. The van der Waals surface area contributed by atoms with Crippen LogP contribution in [0.25, 0.3) is 0 Å². The van der Waals surface area contributed by atoms with Gasteiger partial charge in [0.15, 0.2) is 0 Å². The fourth-order valence-electron chi connectivity index (χ4n) is 5.90. The van der Waals surface area contributed by atoms with Crippen LogP contribution >= 0.6 is 0 Å². The molecular formula is C21H31N3O6. The molecule has 4 fully saturated rings. The van der Waals surface area contributed by atoms with Gasteiger partial charge in [0.05, 0.1) is 12.5 Å². The van der Waals surface area contributed by atoms with Crippen molar-refractivity contribution in [3.8, 4) is 0 Å². The Balaban J connectivity index is 1.59. The first-order chi connectivity index (χ1) is 14.1. The molecule has 0 aliphatic heterocycles. The Kier molecular flexibility index (Phi) is 6.47. The molecule has 0 saturated heterocycles. The molecule has 4 aliphatic rings. The van der Waals surface area contributed by atoms with Gasteiger partial charge in [0.1, 0.15) is 12.3 Å². The summed E-state index contributed by atoms with van der Waals surface area (Å²) in [6.45, 7) is 3.38. The molecule has 166 valence electrons. The molecule has 4 saturated carbocycles. The number of hydrogen-bond donors (Lipinski definition) is 4. The summed E-state index contributed by atoms with van der Waals surface area (Å²) in [6, 6.07) is -2.26. The van der Waals surface area contributed by atoms with Crippen LogP contribution in [0.3, 0.4) is 0 Å². The van der Waals surface area contributed by atoms with Gasteiger partial charge in [-0.1, -0.05) is 13.8 Å². The maximum absolute atomic E-state index is 12.6. The van der Waals surface area contributed by atoms with E-state index in [-0.39, 0.29) is 11.5 Å². The van der Waals surface area contributed by atoms with Gasteiger partial charge >= 0.3 is 17.8 Å². The van der Waals surface area contributed by atoms with Gasteiger partial charge in [0, 0.05) is 5.54 Å². The first-order valence-electron chi connectivity index (χ1n) is 10.7. The molecular weight excluding hydrogens is 390 g/mol. The van der Waals surface area contributed by atoms with E-state index in [1.54, 1.807) is 13.8 Å². The van der Waals surface area contributed by atoms with Gasteiger partial charge in [-0.05, 0) is 62.2 Å².